The lowest BCUT2D eigenvalue weighted by Gasteiger charge is -2.25. The Labute approximate surface area is 122 Å². The second kappa shape index (κ2) is 8.77. The number of rotatable bonds is 8. The average Bonchev–Trinajstić information content (AvgIpc) is 2.90. The lowest BCUT2D eigenvalue weighted by atomic mass is 9.80. The fourth-order valence-electron chi connectivity index (χ4n) is 3.13. The first-order chi connectivity index (χ1) is 9.60. The molecule has 0 aromatic heterocycles. The van der Waals surface area contributed by atoms with Crippen LogP contribution in [0.15, 0.2) is 12.2 Å². The van der Waals surface area contributed by atoms with Gasteiger partial charge in [0.1, 0.15) is 0 Å². The molecule has 0 aliphatic heterocycles. The summed E-state index contributed by atoms with van der Waals surface area (Å²) in [6, 6.07) is 0. The summed E-state index contributed by atoms with van der Waals surface area (Å²) in [5.74, 6) is -0.495. The number of amides is 2. The van der Waals surface area contributed by atoms with Gasteiger partial charge in [0, 0.05) is 6.54 Å². The Bertz CT molecular complexity index is 346. The molecule has 4 heteroatoms. The predicted molar refractivity (Wildman–Crippen MR) is 80.9 cm³/mol. The van der Waals surface area contributed by atoms with Gasteiger partial charge in [-0.1, -0.05) is 37.8 Å². The van der Waals surface area contributed by atoms with Crippen LogP contribution < -0.4 is 11.1 Å². The van der Waals surface area contributed by atoms with Crippen LogP contribution in [0.2, 0.25) is 0 Å². The van der Waals surface area contributed by atoms with Crippen molar-refractivity contribution in [2.24, 2.45) is 23.5 Å². The van der Waals surface area contributed by atoms with Crippen LogP contribution in [0, 0.1) is 17.8 Å². The van der Waals surface area contributed by atoms with Crippen molar-refractivity contribution < 1.29 is 9.59 Å². The Morgan fingerprint density at radius 1 is 1.30 bits per heavy atom. The molecule has 1 unspecified atom stereocenters. The largest absolute Gasteiger partial charge is 0.369 e. The maximum atomic E-state index is 12.3. The molecule has 0 spiro atoms. The second-order valence-electron chi connectivity index (χ2n) is 5.70. The molecule has 2 amide bonds. The van der Waals surface area contributed by atoms with E-state index in [-0.39, 0.29) is 17.7 Å². The van der Waals surface area contributed by atoms with Crippen LogP contribution in [0.4, 0.5) is 0 Å². The number of allylic oxidation sites excluding steroid dienone is 2. The Balaban J connectivity index is 2.80. The number of carbonyl (C=O) groups excluding carboxylic acids is 2. The summed E-state index contributed by atoms with van der Waals surface area (Å²) in [5, 5.41) is 2.86. The molecule has 114 valence electrons. The van der Waals surface area contributed by atoms with Gasteiger partial charge < -0.3 is 11.1 Å². The minimum absolute atomic E-state index is 0.0206. The van der Waals surface area contributed by atoms with Crippen molar-refractivity contribution in [1.29, 1.82) is 0 Å². The summed E-state index contributed by atoms with van der Waals surface area (Å²) >= 11 is 0. The van der Waals surface area contributed by atoms with Crippen molar-refractivity contribution in [3.05, 3.63) is 12.2 Å². The molecular formula is C16H28N2O2. The van der Waals surface area contributed by atoms with Gasteiger partial charge in [-0.3, -0.25) is 9.59 Å². The number of nitrogens with one attached hydrogen (secondary N) is 1. The summed E-state index contributed by atoms with van der Waals surface area (Å²) in [6.07, 6.45) is 10.00. The van der Waals surface area contributed by atoms with Gasteiger partial charge in [-0.25, -0.2) is 0 Å². The van der Waals surface area contributed by atoms with Crippen molar-refractivity contribution in [2.45, 2.75) is 52.4 Å². The van der Waals surface area contributed by atoms with Gasteiger partial charge in [0.25, 0.3) is 0 Å². The van der Waals surface area contributed by atoms with E-state index in [0.29, 0.717) is 18.9 Å². The Morgan fingerprint density at radius 3 is 2.45 bits per heavy atom. The first-order valence-electron chi connectivity index (χ1n) is 7.78. The van der Waals surface area contributed by atoms with E-state index in [1.54, 1.807) is 0 Å². The zero-order valence-corrected chi connectivity index (χ0v) is 12.7. The third kappa shape index (κ3) is 4.99. The molecule has 0 radical (unpaired) electrons. The van der Waals surface area contributed by atoms with E-state index < -0.39 is 5.92 Å². The number of nitrogens with two attached hydrogens (primary N) is 1. The summed E-state index contributed by atoms with van der Waals surface area (Å²) in [5.41, 5.74) is 5.53. The molecule has 0 bridgehead atoms. The Hall–Kier alpha value is -1.32. The predicted octanol–water partition coefficient (Wildman–Crippen LogP) is 2.39. The summed E-state index contributed by atoms with van der Waals surface area (Å²) in [4.78, 5) is 24.0. The molecule has 0 heterocycles. The summed E-state index contributed by atoms with van der Waals surface area (Å²) in [6.45, 7) is 4.40. The highest BCUT2D eigenvalue weighted by molar-refractivity contribution is 5.87. The molecule has 1 aliphatic carbocycles. The summed E-state index contributed by atoms with van der Waals surface area (Å²) < 4.78 is 0. The van der Waals surface area contributed by atoms with Crippen molar-refractivity contribution >= 4 is 11.8 Å². The van der Waals surface area contributed by atoms with Crippen LogP contribution >= 0.6 is 0 Å². The number of primary amides is 1. The molecule has 3 N–H and O–H groups in total. The van der Waals surface area contributed by atoms with Gasteiger partial charge in [-0.05, 0) is 32.6 Å². The molecule has 2 atom stereocenters. The van der Waals surface area contributed by atoms with Crippen molar-refractivity contribution in [3.63, 3.8) is 0 Å². The lowest BCUT2D eigenvalue weighted by molar-refractivity contribution is -0.133. The SMILES string of the molecule is C/C=C/C[C@H](C(N)=O)C(CC1CCCC1)C(=O)NCC. The Morgan fingerprint density at radius 2 is 1.95 bits per heavy atom. The topological polar surface area (TPSA) is 72.2 Å². The molecule has 0 aromatic carbocycles. The molecule has 0 saturated heterocycles. The van der Waals surface area contributed by atoms with E-state index in [1.807, 2.05) is 26.0 Å². The van der Waals surface area contributed by atoms with E-state index in [2.05, 4.69) is 5.32 Å². The zero-order chi connectivity index (χ0) is 15.0. The molecule has 4 nitrogen and oxygen atoms in total. The Kier molecular flexibility index (Phi) is 7.34. The van der Waals surface area contributed by atoms with Gasteiger partial charge >= 0.3 is 0 Å². The smallest absolute Gasteiger partial charge is 0.223 e. The maximum Gasteiger partial charge on any atom is 0.223 e. The zero-order valence-electron chi connectivity index (χ0n) is 12.7. The number of hydrogen-bond donors (Lipinski definition) is 2. The second-order valence-corrected chi connectivity index (χ2v) is 5.70. The standard InChI is InChI=1S/C16H28N2O2/c1-3-5-10-13(15(17)19)14(16(20)18-4-2)11-12-8-6-7-9-12/h3,5,12-14H,4,6-11H2,1-2H3,(H2,17,19)(H,18,20)/b5-3+/t13-,14?/m0/s1. The number of hydrogen-bond acceptors (Lipinski definition) is 2. The summed E-state index contributed by atoms with van der Waals surface area (Å²) in [7, 11) is 0. The van der Waals surface area contributed by atoms with Crippen LogP contribution in [0.1, 0.15) is 52.4 Å². The quantitative estimate of drug-likeness (QED) is 0.670. The van der Waals surface area contributed by atoms with Gasteiger partial charge in [0.2, 0.25) is 11.8 Å². The van der Waals surface area contributed by atoms with E-state index in [9.17, 15) is 9.59 Å². The van der Waals surface area contributed by atoms with Crippen LogP contribution in [0.25, 0.3) is 0 Å². The normalized spacial score (nSPS) is 19.1. The van der Waals surface area contributed by atoms with Crippen LogP contribution in [-0.4, -0.2) is 18.4 Å². The van der Waals surface area contributed by atoms with Gasteiger partial charge in [0.15, 0.2) is 0 Å². The maximum absolute atomic E-state index is 12.3. The highest BCUT2D eigenvalue weighted by Crippen LogP contribution is 2.34. The monoisotopic (exact) mass is 280 g/mol. The average molecular weight is 280 g/mol. The third-order valence-corrected chi connectivity index (χ3v) is 4.23. The third-order valence-electron chi connectivity index (χ3n) is 4.23. The first kappa shape index (κ1) is 16.7. The van der Waals surface area contributed by atoms with Crippen molar-refractivity contribution in [3.8, 4) is 0 Å². The van der Waals surface area contributed by atoms with Crippen molar-refractivity contribution in [2.75, 3.05) is 6.54 Å². The minimum Gasteiger partial charge on any atom is -0.369 e. The molecule has 1 rings (SSSR count). The van der Waals surface area contributed by atoms with Crippen LogP contribution in [0.3, 0.4) is 0 Å². The molecule has 1 saturated carbocycles. The highest BCUT2D eigenvalue weighted by Gasteiger charge is 2.34. The molecule has 1 aliphatic rings. The van der Waals surface area contributed by atoms with E-state index in [4.69, 9.17) is 5.73 Å². The molecule has 1 fully saturated rings. The highest BCUT2D eigenvalue weighted by atomic mass is 16.2. The van der Waals surface area contributed by atoms with Crippen molar-refractivity contribution in [1.82, 2.24) is 5.32 Å². The van der Waals surface area contributed by atoms with Gasteiger partial charge in [0.05, 0.1) is 11.8 Å². The molecule has 20 heavy (non-hydrogen) atoms. The van der Waals surface area contributed by atoms with E-state index >= 15 is 0 Å². The lowest BCUT2D eigenvalue weighted by Crippen LogP contribution is -2.41. The number of carbonyl (C=O) groups is 2. The van der Waals surface area contributed by atoms with Crippen LogP contribution in [-0.2, 0) is 9.59 Å². The molecular weight excluding hydrogens is 252 g/mol. The first-order valence-corrected chi connectivity index (χ1v) is 7.78. The van der Waals surface area contributed by atoms with E-state index in [0.717, 1.165) is 6.42 Å². The van der Waals surface area contributed by atoms with Crippen LogP contribution in [0.5, 0.6) is 0 Å². The fourth-order valence-corrected chi connectivity index (χ4v) is 3.13. The minimum atomic E-state index is -0.390. The van der Waals surface area contributed by atoms with Gasteiger partial charge in [-0.15, -0.1) is 0 Å². The van der Waals surface area contributed by atoms with Gasteiger partial charge in [-0.2, -0.15) is 0 Å². The fraction of sp³-hybridized carbons (Fsp3) is 0.750. The molecule has 0 aromatic rings. The van der Waals surface area contributed by atoms with E-state index in [1.165, 1.54) is 25.7 Å².